The number of hydrogen-bond donors (Lipinski definition) is 1. The Labute approximate surface area is 110 Å². The van der Waals surface area contributed by atoms with E-state index < -0.39 is 12.7 Å². The van der Waals surface area contributed by atoms with Crippen LogP contribution in [0.25, 0.3) is 0 Å². The molecule has 0 atom stereocenters. The zero-order valence-corrected chi connectivity index (χ0v) is 10.9. The molecule has 102 valence electrons. The Kier molecular flexibility index (Phi) is 5.91. The Morgan fingerprint density at radius 1 is 1.28 bits per heavy atom. The van der Waals surface area contributed by atoms with E-state index in [1.54, 1.807) is 31.3 Å². The van der Waals surface area contributed by atoms with Crippen molar-refractivity contribution in [2.75, 3.05) is 26.7 Å². The highest BCUT2D eigenvalue weighted by atomic mass is 35.5. The highest BCUT2D eigenvalue weighted by Crippen LogP contribution is 2.21. The molecule has 0 saturated carbocycles. The minimum Gasteiger partial charge on any atom is -0.318 e. The third kappa shape index (κ3) is 5.71. The number of alkyl halides is 3. The third-order valence-electron chi connectivity index (χ3n) is 2.43. The summed E-state index contributed by atoms with van der Waals surface area (Å²) in [4.78, 5) is 1.33. The quantitative estimate of drug-likeness (QED) is 0.862. The van der Waals surface area contributed by atoms with Crippen LogP contribution in [0.3, 0.4) is 0 Å². The number of nitrogens with one attached hydrogen (secondary N) is 1. The van der Waals surface area contributed by atoms with Crippen molar-refractivity contribution in [3.8, 4) is 0 Å². The molecule has 1 N–H and O–H groups in total. The van der Waals surface area contributed by atoms with E-state index in [-0.39, 0.29) is 6.54 Å². The first-order valence-corrected chi connectivity index (χ1v) is 5.97. The van der Waals surface area contributed by atoms with E-state index in [9.17, 15) is 13.2 Å². The van der Waals surface area contributed by atoms with E-state index in [0.717, 1.165) is 0 Å². The van der Waals surface area contributed by atoms with Crippen LogP contribution in [0.1, 0.15) is 5.56 Å². The van der Waals surface area contributed by atoms with Gasteiger partial charge < -0.3 is 5.32 Å². The maximum atomic E-state index is 12.4. The number of halogens is 4. The fourth-order valence-corrected chi connectivity index (χ4v) is 1.80. The van der Waals surface area contributed by atoms with E-state index in [1.165, 1.54) is 4.90 Å². The van der Waals surface area contributed by atoms with E-state index >= 15 is 0 Å². The molecule has 0 aliphatic heterocycles. The van der Waals surface area contributed by atoms with Crippen LogP contribution >= 0.6 is 11.6 Å². The lowest BCUT2D eigenvalue weighted by Gasteiger charge is -2.24. The second-order valence-electron chi connectivity index (χ2n) is 4.02. The molecule has 0 aromatic heterocycles. The van der Waals surface area contributed by atoms with Crippen LogP contribution in [0.4, 0.5) is 13.2 Å². The Bertz CT molecular complexity index is 369. The van der Waals surface area contributed by atoms with Gasteiger partial charge >= 0.3 is 6.18 Å². The van der Waals surface area contributed by atoms with Crippen LogP contribution in [0.2, 0.25) is 5.02 Å². The van der Waals surface area contributed by atoms with Gasteiger partial charge in [-0.25, -0.2) is 0 Å². The first-order chi connectivity index (χ1) is 8.42. The average Bonchev–Trinajstić information content (AvgIpc) is 2.27. The maximum absolute atomic E-state index is 12.4. The molecular weight excluding hydrogens is 265 g/mol. The Morgan fingerprint density at radius 2 is 1.94 bits per heavy atom. The van der Waals surface area contributed by atoms with Crippen LogP contribution in [-0.4, -0.2) is 37.8 Å². The Morgan fingerprint density at radius 3 is 2.50 bits per heavy atom. The van der Waals surface area contributed by atoms with Gasteiger partial charge in [-0.15, -0.1) is 0 Å². The lowest BCUT2D eigenvalue weighted by atomic mass is 10.2. The van der Waals surface area contributed by atoms with Crippen molar-refractivity contribution in [3.05, 3.63) is 34.9 Å². The molecule has 1 aromatic rings. The second-order valence-corrected chi connectivity index (χ2v) is 4.43. The zero-order chi connectivity index (χ0) is 13.6. The molecule has 1 rings (SSSR count). The fourth-order valence-electron chi connectivity index (χ4n) is 1.61. The Balaban J connectivity index is 2.69. The molecule has 0 aliphatic carbocycles. The predicted molar refractivity (Wildman–Crippen MR) is 66.7 cm³/mol. The van der Waals surface area contributed by atoms with Crippen molar-refractivity contribution in [1.82, 2.24) is 10.2 Å². The van der Waals surface area contributed by atoms with Gasteiger partial charge in [0.25, 0.3) is 0 Å². The molecule has 0 amide bonds. The van der Waals surface area contributed by atoms with Crippen molar-refractivity contribution >= 4 is 11.6 Å². The summed E-state index contributed by atoms with van der Waals surface area (Å²) in [6, 6.07) is 6.95. The summed E-state index contributed by atoms with van der Waals surface area (Å²) >= 11 is 5.95. The van der Waals surface area contributed by atoms with Crippen LogP contribution in [0, 0.1) is 0 Å². The lowest BCUT2D eigenvalue weighted by molar-refractivity contribution is -0.146. The standard InChI is InChI=1S/C12H16ClF3N2/c1-17-6-7-18(9-12(14,15)16)8-10-4-2-3-5-11(10)13/h2-5,17H,6-9H2,1H3. The summed E-state index contributed by atoms with van der Waals surface area (Å²) in [7, 11) is 1.71. The van der Waals surface area contributed by atoms with Crippen molar-refractivity contribution in [2.24, 2.45) is 0 Å². The fraction of sp³-hybridized carbons (Fsp3) is 0.500. The molecule has 0 spiro atoms. The highest BCUT2D eigenvalue weighted by molar-refractivity contribution is 6.31. The average molecular weight is 281 g/mol. The van der Waals surface area contributed by atoms with E-state index in [4.69, 9.17) is 11.6 Å². The molecule has 0 bridgehead atoms. The molecule has 18 heavy (non-hydrogen) atoms. The largest absolute Gasteiger partial charge is 0.401 e. The van der Waals surface area contributed by atoms with Crippen molar-refractivity contribution in [2.45, 2.75) is 12.7 Å². The van der Waals surface area contributed by atoms with E-state index in [2.05, 4.69) is 5.32 Å². The lowest BCUT2D eigenvalue weighted by Crippen LogP contribution is -2.37. The highest BCUT2D eigenvalue weighted by Gasteiger charge is 2.30. The zero-order valence-electron chi connectivity index (χ0n) is 10.1. The molecule has 6 heteroatoms. The second kappa shape index (κ2) is 6.97. The Hall–Kier alpha value is -0.780. The maximum Gasteiger partial charge on any atom is 0.401 e. The van der Waals surface area contributed by atoms with Gasteiger partial charge in [-0.1, -0.05) is 29.8 Å². The monoisotopic (exact) mass is 280 g/mol. The minimum absolute atomic E-state index is 0.195. The summed E-state index contributed by atoms with van der Waals surface area (Å²) < 4.78 is 37.3. The van der Waals surface area contributed by atoms with Crippen LogP contribution in [-0.2, 0) is 6.54 Å². The minimum atomic E-state index is -4.20. The van der Waals surface area contributed by atoms with Crippen LogP contribution < -0.4 is 5.32 Å². The molecule has 0 unspecified atom stereocenters. The number of rotatable bonds is 6. The van der Waals surface area contributed by atoms with Gasteiger partial charge in [-0.3, -0.25) is 4.90 Å². The van der Waals surface area contributed by atoms with Gasteiger partial charge in [0.1, 0.15) is 0 Å². The smallest absolute Gasteiger partial charge is 0.318 e. The molecule has 2 nitrogen and oxygen atoms in total. The van der Waals surface area contributed by atoms with Gasteiger partial charge in [-0.05, 0) is 18.7 Å². The van der Waals surface area contributed by atoms with Gasteiger partial charge in [0.15, 0.2) is 0 Å². The van der Waals surface area contributed by atoms with Gasteiger partial charge in [-0.2, -0.15) is 13.2 Å². The first kappa shape index (κ1) is 15.3. The predicted octanol–water partition coefficient (Wildman–Crippen LogP) is 2.92. The van der Waals surface area contributed by atoms with E-state index in [1.807, 2.05) is 0 Å². The molecule has 0 fully saturated rings. The summed E-state index contributed by atoms with van der Waals surface area (Å²) in [5, 5.41) is 3.34. The van der Waals surface area contributed by atoms with Crippen LogP contribution in [0.5, 0.6) is 0 Å². The summed E-state index contributed by atoms with van der Waals surface area (Å²) in [6.07, 6.45) is -4.20. The number of likely N-dealkylation sites (N-methyl/N-ethyl adjacent to an activating group) is 1. The molecule has 0 aliphatic rings. The van der Waals surface area contributed by atoms with Crippen molar-refractivity contribution in [3.63, 3.8) is 0 Å². The normalized spacial score (nSPS) is 12.1. The van der Waals surface area contributed by atoms with Gasteiger partial charge in [0.2, 0.25) is 0 Å². The molecule has 0 radical (unpaired) electrons. The SMILES string of the molecule is CNCCN(Cc1ccccc1Cl)CC(F)(F)F. The molecule has 0 heterocycles. The number of nitrogens with zero attached hydrogens (tertiary/aromatic N) is 1. The number of hydrogen-bond acceptors (Lipinski definition) is 2. The van der Waals surface area contributed by atoms with E-state index in [0.29, 0.717) is 23.7 Å². The molecule has 1 aromatic carbocycles. The summed E-state index contributed by atoms with van der Waals surface area (Å²) in [5.41, 5.74) is 0.708. The summed E-state index contributed by atoms with van der Waals surface area (Å²) in [5.74, 6) is 0. The van der Waals surface area contributed by atoms with Crippen molar-refractivity contribution < 1.29 is 13.2 Å². The van der Waals surface area contributed by atoms with Crippen LogP contribution in [0.15, 0.2) is 24.3 Å². The third-order valence-corrected chi connectivity index (χ3v) is 2.80. The number of benzene rings is 1. The topological polar surface area (TPSA) is 15.3 Å². The first-order valence-electron chi connectivity index (χ1n) is 5.59. The van der Waals surface area contributed by atoms with Gasteiger partial charge in [0, 0.05) is 24.7 Å². The molecular formula is C12H16ClF3N2. The summed E-state index contributed by atoms with van der Waals surface area (Å²) in [6.45, 7) is 0.0858. The van der Waals surface area contributed by atoms with Crippen molar-refractivity contribution in [1.29, 1.82) is 0 Å². The molecule has 0 saturated heterocycles. The van der Waals surface area contributed by atoms with Gasteiger partial charge in [0.05, 0.1) is 6.54 Å².